The van der Waals surface area contributed by atoms with E-state index in [1.807, 2.05) is 82.3 Å². The van der Waals surface area contributed by atoms with E-state index in [0.717, 1.165) is 22.0 Å². The van der Waals surface area contributed by atoms with Gasteiger partial charge in [0.25, 0.3) is 0 Å². The first kappa shape index (κ1) is 58.0. The van der Waals surface area contributed by atoms with Crippen LogP contribution in [0.3, 0.4) is 0 Å². The molecule has 0 spiro atoms. The molecule has 2 aromatic carbocycles. The highest BCUT2D eigenvalue weighted by molar-refractivity contribution is 5.98. The maximum atomic E-state index is 14.5. The molecule has 0 bridgehead atoms. The van der Waals surface area contributed by atoms with E-state index in [0.29, 0.717) is 64.5 Å². The molecule has 8 atom stereocenters. The van der Waals surface area contributed by atoms with Gasteiger partial charge in [-0.2, -0.15) is 13.2 Å². The van der Waals surface area contributed by atoms with Crippen molar-refractivity contribution in [1.29, 1.82) is 0 Å². The Morgan fingerprint density at radius 1 is 0.778 bits per heavy atom. The van der Waals surface area contributed by atoms with Crippen LogP contribution in [0.4, 0.5) is 13.2 Å². The minimum Gasteiger partial charge on any atom is -0.475 e. The van der Waals surface area contributed by atoms with Crippen molar-refractivity contribution in [3.8, 4) is 0 Å². The molecule has 5 rings (SSSR count). The second kappa shape index (κ2) is 27.3. The van der Waals surface area contributed by atoms with Gasteiger partial charge in [-0.1, -0.05) is 82.6 Å². The van der Waals surface area contributed by atoms with E-state index >= 15 is 0 Å². The minimum absolute atomic E-state index is 0.0513. The number of aliphatic carboxylic acids is 1. The van der Waals surface area contributed by atoms with Gasteiger partial charge in [0.1, 0.15) is 36.3 Å². The zero-order valence-electron chi connectivity index (χ0n) is 41.3. The fourth-order valence-corrected chi connectivity index (χ4v) is 8.90. The van der Waals surface area contributed by atoms with Crippen LogP contribution in [0.5, 0.6) is 0 Å². The number of carboxylic acid groups (broad SMARTS) is 1. The topological polar surface area (TPSA) is 305 Å². The Bertz CT molecular complexity index is 2330. The first-order chi connectivity index (χ1) is 34.1. The number of hydrogen-bond acceptors (Lipinski definition) is 10. The number of aromatic amines is 1. The number of para-hydroxylation sites is 1. The molecule has 19 nitrogen and oxygen atoms in total. The van der Waals surface area contributed by atoms with Crippen LogP contribution in [0, 0.1) is 11.8 Å². The maximum absolute atomic E-state index is 14.5. The highest BCUT2D eigenvalue weighted by Crippen LogP contribution is 2.27. The number of nitrogens with two attached hydrogens (primary N) is 3. The molecule has 2 fully saturated rings. The number of rotatable bonds is 23. The Labute approximate surface area is 417 Å². The van der Waals surface area contributed by atoms with Crippen LogP contribution in [-0.2, 0) is 51.2 Å². The normalized spacial score (nSPS) is 18.2. The summed E-state index contributed by atoms with van der Waals surface area (Å²) < 4.78 is 31.7. The summed E-state index contributed by atoms with van der Waals surface area (Å²) >= 11 is 0. The number of halogens is 3. The van der Waals surface area contributed by atoms with Gasteiger partial charge >= 0.3 is 12.1 Å². The van der Waals surface area contributed by atoms with Crippen LogP contribution in [0.15, 0.2) is 60.8 Å². The van der Waals surface area contributed by atoms with E-state index in [1.165, 1.54) is 9.80 Å². The van der Waals surface area contributed by atoms with Crippen molar-refractivity contribution in [1.82, 2.24) is 36.1 Å². The fraction of sp³-hybridized carbons (Fsp3) is 0.560. The molecule has 0 radical (unpaired) electrons. The molecule has 72 heavy (non-hydrogen) atoms. The largest absolute Gasteiger partial charge is 0.490 e. The molecule has 3 aromatic rings. The molecule has 0 saturated carbocycles. The Hall–Kier alpha value is -6.55. The number of amides is 7. The predicted molar refractivity (Wildman–Crippen MR) is 262 cm³/mol. The summed E-state index contributed by atoms with van der Waals surface area (Å²) in [5.41, 5.74) is 19.9. The number of hydrogen-bond donors (Lipinski definition) is 9. The van der Waals surface area contributed by atoms with Crippen molar-refractivity contribution in [2.45, 2.75) is 147 Å². The molecule has 2 saturated heterocycles. The third kappa shape index (κ3) is 16.5. The number of nitrogens with zero attached hydrogens (tertiary/aromatic N) is 2. The minimum atomic E-state index is -5.08. The third-order valence-corrected chi connectivity index (χ3v) is 13.0. The number of primary amides is 1. The van der Waals surface area contributed by atoms with Crippen LogP contribution in [-0.4, -0.2) is 135 Å². The molecular formula is C50H71F3N10O9. The molecule has 0 aliphatic carbocycles. The summed E-state index contributed by atoms with van der Waals surface area (Å²) in [6.07, 6.45) is 1.14. The van der Waals surface area contributed by atoms with Gasteiger partial charge in [0, 0.05) is 43.0 Å². The Morgan fingerprint density at radius 3 is 1.96 bits per heavy atom. The van der Waals surface area contributed by atoms with Gasteiger partial charge in [-0.05, 0) is 86.9 Å². The lowest BCUT2D eigenvalue weighted by atomic mass is 9.96. The molecule has 8 unspecified atom stereocenters. The van der Waals surface area contributed by atoms with Crippen molar-refractivity contribution in [3.63, 3.8) is 0 Å². The SMILES string of the molecule is CCC(C)C(NC(=O)C(N)CC(C)C)C(=O)N1CCCC1C(=O)N1CCCC1C(=O)NC(Cc1ccccc1)C(=O)NC(Cc1c[nH]c2ccccc12)C(=O)NC(CCCCN)C(N)=O.O=C(O)C(F)(F)F. The summed E-state index contributed by atoms with van der Waals surface area (Å²) in [7, 11) is 0. The Kier molecular flexibility index (Phi) is 22.0. The van der Waals surface area contributed by atoms with Crippen LogP contribution in [0.2, 0.25) is 0 Å². The second-order valence-electron chi connectivity index (χ2n) is 18.9. The molecule has 2 aliphatic rings. The number of carbonyl (C=O) groups excluding carboxylic acids is 7. The van der Waals surface area contributed by atoms with Gasteiger partial charge in [-0.15, -0.1) is 0 Å². The van der Waals surface area contributed by atoms with Crippen LogP contribution in [0.25, 0.3) is 10.9 Å². The number of fused-ring (bicyclic) bond motifs is 1. The number of carbonyl (C=O) groups is 8. The van der Waals surface area contributed by atoms with Crippen LogP contribution in [0.1, 0.15) is 96.6 Å². The zero-order valence-corrected chi connectivity index (χ0v) is 41.3. The number of unbranched alkanes of at least 4 members (excludes halogenated alkanes) is 1. The maximum Gasteiger partial charge on any atom is 0.490 e. The predicted octanol–water partition coefficient (Wildman–Crippen LogP) is 2.54. The molecule has 1 aromatic heterocycles. The highest BCUT2D eigenvalue weighted by atomic mass is 19.4. The lowest BCUT2D eigenvalue weighted by molar-refractivity contribution is -0.192. The Balaban J connectivity index is 0.00000149. The molecule has 12 N–H and O–H groups in total. The van der Waals surface area contributed by atoms with Gasteiger partial charge in [0.15, 0.2) is 0 Å². The summed E-state index contributed by atoms with van der Waals surface area (Å²) in [5.74, 6) is -6.47. The fourth-order valence-electron chi connectivity index (χ4n) is 8.90. The molecule has 3 heterocycles. The number of likely N-dealkylation sites (tertiary alicyclic amines) is 2. The van der Waals surface area contributed by atoms with Crippen molar-refractivity contribution >= 4 is 58.2 Å². The quantitative estimate of drug-likeness (QED) is 0.0622. The van der Waals surface area contributed by atoms with Crippen molar-refractivity contribution in [3.05, 3.63) is 71.9 Å². The smallest absolute Gasteiger partial charge is 0.475 e. The number of H-pyrrole nitrogens is 1. The highest BCUT2D eigenvalue weighted by Gasteiger charge is 2.45. The van der Waals surface area contributed by atoms with Crippen molar-refractivity contribution < 1.29 is 56.6 Å². The standard InChI is InChI=1S/C48H70N10O7.C2HF3O2/c1-5-30(4)41(56-43(60)34(50)25-29(2)3)48(65)58-24-14-21-40(58)47(64)57-23-13-20-39(57)46(63)55-37(26-31-15-7-6-8-16-31)44(61)54-38(27-32-28-52-35-18-10-9-17-33(32)35)45(62)53-36(42(51)59)19-11-12-22-49;3-2(4,5)1(6)7/h6-10,15-18,28-30,34,36-41,52H,5,11-14,19-27,49-50H2,1-4H3,(H2,51,59)(H,53,62)(H,54,61)(H,55,63)(H,56,60);(H,6,7). The lowest BCUT2D eigenvalue weighted by Gasteiger charge is -2.35. The average molecular weight is 1010 g/mol. The molecule has 396 valence electrons. The van der Waals surface area contributed by atoms with Crippen LogP contribution >= 0.6 is 0 Å². The monoisotopic (exact) mass is 1010 g/mol. The number of aromatic nitrogens is 1. The second-order valence-corrected chi connectivity index (χ2v) is 18.9. The number of nitrogens with one attached hydrogen (secondary N) is 5. The summed E-state index contributed by atoms with van der Waals surface area (Å²) in [4.78, 5) is 112. The third-order valence-electron chi connectivity index (χ3n) is 13.0. The van der Waals surface area contributed by atoms with Crippen LogP contribution < -0.4 is 38.5 Å². The van der Waals surface area contributed by atoms with Gasteiger partial charge < -0.3 is 58.4 Å². The van der Waals surface area contributed by atoms with Gasteiger partial charge in [0.05, 0.1) is 6.04 Å². The number of benzene rings is 2. The Morgan fingerprint density at radius 2 is 1.36 bits per heavy atom. The van der Waals surface area contributed by atoms with Gasteiger partial charge in [0.2, 0.25) is 41.4 Å². The van der Waals surface area contributed by atoms with Gasteiger partial charge in [-0.25, -0.2) is 4.79 Å². The van der Waals surface area contributed by atoms with Crippen molar-refractivity contribution in [2.24, 2.45) is 29.0 Å². The van der Waals surface area contributed by atoms with E-state index < -0.39 is 84.0 Å². The zero-order chi connectivity index (χ0) is 53.3. The van der Waals surface area contributed by atoms with E-state index in [1.54, 1.807) is 6.20 Å². The average Bonchev–Trinajstić information content (AvgIpc) is 4.13. The summed E-state index contributed by atoms with van der Waals surface area (Å²) in [6.45, 7) is 8.76. The number of carboxylic acids is 1. The number of alkyl halides is 3. The van der Waals surface area contributed by atoms with E-state index in [2.05, 4.69) is 26.3 Å². The van der Waals surface area contributed by atoms with E-state index in [9.17, 15) is 46.7 Å². The lowest BCUT2D eigenvalue weighted by Crippen LogP contribution is -2.60. The summed E-state index contributed by atoms with van der Waals surface area (Å²) in [5, 5.41) is 19.4. The summed E-state index contributed by atoms with van der Waals surface area (Å²) in [6, 6.07) is 9.87. The van der Waals surface area contributed by atoms with E-state index in [4.69, 9.17) is 27.1 Å². The first-order valence-electron chi connectivity index (χ1n) is 24.5. The molecule has 22 heteroatoms. The first-order valence-corrected chi connectivity index (χ1v) is 24.5. The molecular weight excluding hydrogens is 942 g/mol. The van der Waals surface area contributed by atoms with Crippen molar-refractivity contribution in [2.75, 3.05) is 19.6 Å². The molecule has 7 amide bonds. The van der Waals surface area contributed by atoms with E-state index in [-0.39, 0.29) is 49.5 Å². The van der Waals surface area contributed by atoms with Gasteiger partial charge in [-0.3, -0.25) is 33.6 Å². The molecule has 2 aliphatic heterocycles.